The molecular weight excluding hydrogens is 383 g/mol. The fourth-order valence-corrected chi connectivity index (χ4v) is 3.66. The molecule has 1 heterocycles. The number of amides is 2. The zero-order valence-corrected chi connectivity index (χ0v) is 16.6. The van der Waals surface area contributed by atoms with Crippen LogP contribution < -0.4 is 10.6 Å². The molecule has 27 heavy (non-hydrogen) atoms. The van der Waals surface area contributed by atoms with Gasteiger partial charge in [-0.1, -0.05) is 47.5 Å². The lowest BCUT2D eigenvalue weighted by Crippen LogP contribution is -2.47. The first-order valence-corrected chi connectivity index (χ1v) is 9.77. The smallest absolute Gasteiger partial charge is 0.242 e. The van der Waals surface area contributed by atoms with Gasteiger partial charge in [-0.25, -0.2) is 0 Å². The van der Waals surface area contributed by atoms with Crippen LogP contribution in [-0.4, -0.2) is 23.9 Å². The van der Waals surface area contributed by atoms with Crippen molar-refractivity contribution in [1.82, 2.24) is 10.6 Å². The van der Waals surface area contributed by atoms with E-state index < -0.39 is 6.04 Å². The number of halogens is 2. The van der Waals surface area contributed by atoms with Gasteiger partial charge >= 0.3 is 0 Å². The lowest BCUT2D eigenvalue weighted by molar-refractivity contribution is -0.126. The van der Waals surface area contributed by atoms with Gasteiger partial charge in [-0.05, 0) is 55.2 Å². The Morgan fingerprint density at radius 3 is 2.26 bits per heavy atom. The average molecular weight is 405 g/mol. The monoisotopic (exact) mass is 404 g/mol. The molecule has 0 aromatic heterocycles. The van der Waals surface area contributed by atoms with Gasteiger partial charge in [0.1, 0.15) is 6.04 Å². The molecule has 1 aliphatic heterocycles. The molecule has 1 unspecified atom stereocenters. The molecule has 3 atom stereocenters. The zero-order chi connectivity index (χ0) is 19.4. The molecule has 142 valence electrons. The van der Waals surface area contributed by atoms with Crippen molar-refractivity contribution in [2.24, 2.45) is 0 Å². The van der Waals surface area contributed by atoms with Crippen molar-refractivity contribution in [2.45, 2.75) is 44.2 Å². The van der Waals surface area contributed by atoms with Crippen LogP contribution in [0.25, 0.3) is 0 Å². The van der Waals surface area contributed by atoms with Crippen LogP contribution in [0.2, 0.25) is 10.0 Å². The molecule has 1 fully saturated rings. The van der Waals surface area contributed by atoms with Crippen molar-refractivity contribution in [2.75, 3.05) is 0 Å². The largest absolute Gasteiger partial charge is 0.351 e. The van der Waals surface area contributed by atoms with E-state index in [0.717, 1.165) is 17.5 Å². The second-order valence-electron chi connectivity index (χ2n) is 6.94. The average Bonchev–Trinajstić information content (AvgIpc) is 3.08. The van der Waals surface area contributed by atoms with Gasteiger partial charge in [-0.2, -0.15) is 0 Å². The Hall–Kier alpha value is -2.04. The fraction of sp³-hybridized carbons (Fsp3) is 0.333. The number of carbonyl (C=O) groups is 2. The molecule has 0 spiro atoms. The normalized spacial score (nSPS) is 18.6. The van der Waals surface area contributed by atoms with E-state index in [9.17, 15) is 9.59 Å². The van der Waals surface area contributed by atoms with E-state index in [4.69, 9.17) is 23.2 Å². The number of nitrogens with one attached hydrogen (secondary N) is 2. The number of carbonyl (C=O) groups excluding carboxylic acids is 2. The van der Waals surface area contributed by atoms with Gasteiger partial charge in [0.05, 0.1) is 0 Å². The third-order valence-corrected chi connectivity index (χ3v) is 5.46. The Morgan fingerprint density at radius 1 is 1.11 bits per heavy atom. The first kappa shape index (κ1) is 19.7. The molecule has 2 aromatic rings. The third-order valence-electron chi connectivity index (χ3n) is 4.95. The molecule has 1 aliphatic rings. The molecule has 0 saturated carbocycles. The molecule has 2 aromatic carbocycles. The van der Waals surface area contributed by atoms with Gasteiger partial charge in [-0.3, -0.25) is 9.59 Å². The molecule has 0 bridgehead atoms. The van der Waals surface area contributed by atoms with Crippen molar-refractivity contribution in [3.63, 3.8) is 0 Å². The van der Waals surface area contributed by atoms with Crippen molar-refractivity contribution < 1.29 is 9.59 Å². The van der Waals surface area contributed by atoms with E-state index in [1.54, 1.807) is 0 Å². The van der Waals surface area contributed by atoms with Crippen molar-refractivity contribution in [1.29, 1.82) is 0 Å². The summed E-state index contributed by atoms with van der Waals surface area (Å²) in [5.41, 5.74) is 2.23. The Labute approximate surface area is 169 Å². The molecule has 0 aliphatic carbocycles. The Balaban J connectivity index is 1.77. The summed E-state index contributed by atoms with van der Waals surface area (Å²) in [4.78, 5) is 23.9. The van der Waals surface area contributed by atoms with Gasteiger partial charge in [-0.15, -0.1) is 0 Å². The minimum atomic E-state index is -0.443. The highest BCUT2D eigenvalue weighted by Gasteiger charge is 2.30. The molecule has 3 rings (SSSR count). The van der Waals surface area contributed by atoms with E-state index in [-0.39, 0.29) is 23.8 Å². The molecule has 2 N–H and O–H groups in total. The van der Waals surface area contributed by atoms with Crippen LogP contribution in [0, 0.1) is 0 Å². The summed E-state index contributed by atoms with van der Waals surface area (Å²) in [5.74, 6) is -0.147. The number of hydrogen-bond acceptors (Lipinski definition) is 2. The van der Waals surface area contributed by atoms with E-state index in [2.05, 4.69) is 10.6 Å². The number of rotatable bonds is 6. The quantitative estimate of drug-likeness (QED) is 0.760. The highest BCUT2D eigenvalue weighted by atomic mass is 35.5. The van der Waals surface area contributed by atoms with Crippen LogP contribution in [0.15, 0.2) is 48.5 Å². The summed E-state index contributed by atoms with van der Waals surface area (Å²) >= 11 is 12.0. The first-order chi connectivity index (χ1) is 12.9. The van der Waals surface area contributed by atoms with Gasteiger partial charge in [0.25, 0.3) is 0 Å². The lowest BCUT2D eigenvalue weighted by atomic mass is 9.86. The second kappa shape index (κ2) is 8.77. The molecule has 0 radical (unpaired) electrons. The maximum atomic E-state index is 12.5. The topological polar surface area (TPSA) is 58.2 Å². The Bertz CT molecular complexity index is 806. The Kier molecular flexibility index (Phi) is 6.40. The first-order valence-electron chi connectivity index (χ1n) is 9.02. The van der Waals surface area contributed by atoms with Crippen LogP contribution in [0.4, 0.5) is 0 Å². The fourth-order valence-electron chi connectivity index (χ4n) is 3.40. The lowest BCUT2D eigenvalue weighted by Gasteiger charge is -2.27. The van der Waals surface area contributed by atoms with Gasteiger partial charge in [0, 0.05) is 28.4 Å². The zero-order valence-electron chi connectivity index (χ0n) is 15.0. The van der Waals surface area contributed by atoms with Gasteiger partial charge < -0.3 is 10.6 Å². The summed E-state index contributed by atoms with van der Waals surface area (Å²) in [6.07, 6.45) is 1.69. The summed E-state index contributed by atoms with van der Waals surface area (Å²) in [5, 5.41) is 7.16. The van der Waals surface area contributed by atoms with Crippen LogP contribution in [-0.2, 0) is 16.0 Å². The van der Waals surface area contributed by atoms with Crippen molar-refractivity contribution in [3.05, 3.63) is 69.7 Å². The maximum Gasteiger partial charge on any atom is 0.242 e. The minimum absolute atomic E-state index is 0.0597. The van der Waals surface area contributed by atoms with E-state index in [1.165, 1.54) is 0 Å². The van der Waals surface area contributed by atoms with Crippen LogP contribution >= 0.6 is 23.2 Å². The maximum absolute atomic E-state index is 12.5. The summed E-state index contributed by atoms with van der Waals surface area (Å²) in [6, 6.07) is 14.9. The summed E-state index contributed by atoms with van der Waals surface area (Å²) in [7, 11) is 0. The molecule has 4 nitrogen and oxygen atoms in total. The van der Waals surface area contributed by atoms with Crippen LogP contribution in [0.3, 0.4) is 0 Å². The van der Waals surface area contributed by atoms with Crippen molar-refractivity contribution in [3.8, 4) is 0 Å². The van der Waals surface area contributed by atoms with Gasteiger partial charge in [0.2, 0.25) is 11.8 Å². The third kappa shape index (κ3) is 5.24. The van der Waals surface area contributed by atoms with E-state index in [0.29, 0.717) is 22.9 Å². The predicted molar refractivity (Wildman–Crippen MR) is 108 cm³/mol. The van der Waals surface area contributed by atoms with Gasteiger partial charge in [0.15, 0.2) is 0 Å². The molecule has 6 heteroatoms. The van der Waals surface area contributed by atoms with Crippen LogP contribution in [0.1, 0.15) is 36.8 Å². The van der Waals surface area contributed by atoms with E-state index in [1.807, 2.05) is 55.5 Å². The minimum Gasteiger partial charge on any atom is -0.351 e. The Morgan fingerprint density at radius 2 is 1.70 bits per heavy atom. The number of hydrogen-bond donors (Lipinski definition) is 2. The van der Waals surface area contributed by atoms with E-state index >= 15 is 0 Å². The predicted octanol–water partition coefficient (Wildman–Crippen LogP) is 4.10. The van der Waals surface area contributed by atoms with Crippen molar-refractivity contribution >= 4 is 35.0 Å². The molecule has 2 amide bonds. The van der Waals surface area contributed by atoms with Crippen LogP contribution in [0.5, 0.6) is 0 Å². The number of benzene rings is 2. The summed E-state index contributed by atoms with van der Waals surface area (Å²) < 4.78 is 0. The molecule has 1 saturated heterocycles. The highest BCUT2D eigenvalue weighted by Crippen LogP contribution is 2.27. The standard InChI is InChI=1S/C21H22Cl2N2O2/c1-13(24-21(27)19-10-11-20(26)25-19)18(15-4-8-17(23)9-5-15)12-14-2-6-16(22)7-3-14/h2-9,13,18-19H,10-12H2,1H3,(H,24,27)(H,25,26)/t13-,18+,19?/m1/s1. The highest BCUT2D eigenvalue weighted by molar-refractivity contribution is 6.30. The molecular formula is C21H22Cl2N2O2. The SMILES string of the molecule is C[C@@H](NC(=O)C1CCC(=O)N1)[C@H](Cc1ccc(Cl)cc1)c1ccc(Cl)cc1. The summed E-state index contributed by atoms with van der Waals surface area (Å²) in [6.45, 7) is 1.99. The second-order valence-corrected chi connectivity index (χ2v) is 7.82.